The molecule has 0 bridgehead atoms. The van der Waals surface area contributed by atoms with Crippen LogP contribution in [0.5, 0.6) is 0 Å². The van der Waals surface area contributed by atoms with Gasteiger partial charge in [-0.25, -0.2) is 0 Å². The molecule has 0 aliphatic rings. The number of hydrogen-bond donors (Lipinski definition) is 2. The highest BCUT2D eigenvalue weighted by Crippen LogP contribution is 1.87. The van der Waals surface area contributed by atoms with Gasteiger partial charge in [0.05, 0.1) is 0 Å². The first kappa shape index (κ1) is 28.2. The quantitative estimate of drug-likeness (QED) is 0.357. The van der Waals surface area contributed by atoms with E-state index in [1.165, 1.54) is 6.08 Å². The molecule has 0 aliphatic heterocycles. The van der Waals surface area contributed by atoms with Crippen LogP contribution in [0.15, 0.2) is 24.8 Å². The Labute approximate surface area is 141 Å². The van der Waals surface area contributed by atoms with Crippen molar-refractivity contribution >= 4 is 11.8 Å². The van der Waals surface area contributed by atoms with E-state index < -0.39 is 0 Å². The molecule has 126 valence electrons. The van der Waals surface area contributed by atoms with E-state index in [9.17, 15) is 9.59 Å². The SMILES string of the molecule is C=C(C)C(=O)NCCCC.C=CC(=O)NCCCC.[Cl-].[Cl-]. The Kier molecular flexibility index (Phi) is 28.6. The molecular formula is C15H28Cl2N2O2-2. The van der Waals surface area contributed by atoms with Gasteiger partial charge in [-0.3, -0.25) is 9.59 Å². The van der Waals surface area contributed by atoms with Gasteiger partial charge in [0, 0.05) is 18.7 Å². The molecule has 4 nitrogen and oxygen atoms in total. The van der Waals surface area contributed by atoms with Crippen molar-refractivity contribution in [2.24, 2.45) is 0 Å². The minimum absolute atomic E-state index is 0. The molecule has 2 N–H and O–H groups in total. The predicted molar refractivity (Wildman–Crippen MR) is 80.8 cm³/mol. The van der Waals surface area contributed by atoms with E-state index >= 15 is 0 Å². The predicted octanol–water partition coefficient (Wildman–Crippen LogP) is -3.42. The fourth-order valence-corrected chi connectivity index (χ4v) is 0.990. The summed E-state index contributed by atoms with van der Waals surface area (Å²) in [4.78, 5) is 21.3. The first-order valence-corrected chi connectivity index (χ1v) is 6.83. The van der Waals surface area contributed by atoms with Gasteiger partial charge < -0.3 is 35.4 Å². The molecule has 0 unspecified atom stereocenters. The number of carbonyl (C=O) groups excluding carboxylic acids is 2. The molecule has 0 heterocycles. The van der Waals surface area contributed by atoms with Crippen LogP contribution in [0.3, 0.4) is 0 Å². The maximum atomic E-state index is 10.8. The van der Waals surface area contributed by atoms with Crippen LogP contribution in [0.25, 0.3) is 0 Å². The van der Waals surface area contributed by atoms with Crippen LogP contribution in [0, 0.1) is 0 Å². The summed E-state index contributed by atoms with van der Waals surface area (Å²) in [7, 11) is 0. The zero-order chi connectivity index (χ0) is 15.1. The number of rotatable bonds is 8. The van der Waals surface area contributed by atoms with E-state index in [-0.39, 0.29) is 36.6 Å². The molecule has 21 heavy (non-hydrogen) atoms. The molecule has 0 atom stereocenters. The van der Waals surface area contributed by atoms with Crippen molar-refractivity contribution in [2.75, 3.05) is 13.1 Å². The van der Waals surface area contributed by atoms with E-state index in [0.29, 0.717) is 5.57 Å². The topological polar surface area (TPSA) is 58.2 Å². The third kappa shape index (κ3) is 24.4. The van der Waals surface area contributed by atoms with E-state index in [1.54, 1.807) is 6.92 Å². The Bertz CT molecular complexity index is 295. The van der Waals surface area contributed by atoms with Gasteiger partial charge in [-0.15, -0.1) is 0 Å². The lowest BCUT2D eigenvalue weighted by molar-refractivity contribution is -0.117. The molecule has 0 saturated carbocycles. The third-order valence-corrected chi connectivity index (χ3v) is 2.22. The Morgan fingerprint density at radius 3 is 1.76 bits per heavy atom. The highest BCUT2D eigenvalue weighted by molar-refractivity contribution is 5.92. The van der Waals surface area contributed by atoms with Crippen molar-refractivity contribution in [3.8, 4) is 0 Å². The molecule has 0 radical (unpaired) electrons. The molecule has 2 amide bonds. The van der Waals surface area contributed by atoms with Crippen molar-refractivity contribution < 1.29 is 34.4 Å². The van der Waals surface area contributed by atoms with Gasteiger partial charge in [-0.05, 0) is 25.8 Å². The fraction of sp³-hybridized carbons (Fsp3) is 0.600. The number of carbonyl (C=O) groups is 2. The second-order valence-corrected chi connectivity index (χ2v) is 4.24. The van der Waals surface area contributed by atoms with E-state index in [2.05, 4.69) is 37.6 Å². The van der Waals surface area contributed by atoms with Gasteiger partial charge in [-0.2, -0.15) is 0 Å². The van der Waals surface area contributed by atoms with Crippen LogP contribution in [-0.4, -0.2) is 24.9 Å². The Balaban J connectivity index is -0.000000126. The van der Waals surface area contributed by atoms with E-state index in [1.807, 2.05) is 0 Å². The summed E-state index contributed by atoms with van der Waals surface area (Å²) < 4.78 is 0. The van der Waals surface area contributed by atoms with Crippen LogP contribution in [0.4, 0.5) is 0 Å². The normalized spacial score (nSPS) is 7.95. The number of halogens is 2. The highest BCUT2D eigenvalue weighted by Gasteiger charge is 1.97. The Morgan fingerprint density at radius 2 is 1.43 bits per heavy atom. The summed E-state index contributed by atoms with van der Waals surface area (Å²) in [6.45, 7) is 14.3. The lowest BCUT2D eigenvalue weighted by Gasteiger charge is -2.01. The second kappa shape index (κ2) is 21.3. The van der Waals surface area contributed by atoms with Crippen molar-refractivity contribution in [3.63, 3.8) is 0 Å². The maximum absolute atomic E-state index is 10.8. The number of unbranched alkanes of at least 4 members (excludes halogenated alkanes) is 2. The molecule has 0 saturated heterocycles. The fourth-order valence-electron chi connectivity index (χ4n) is 0.990. The largest absolute Gasteiger partial charge is 1.00 e. The third-order valence-electron chi connectivity index (χ3n) is 2.22. The molecule has 0 fully saturated rings. The smallest absolute Gasteiger partial charge is 0.246 e. The van der Waals surface area contributed by atoms with Gasteiger partial charge in [0.1, 0.15) is 0 Å². The van der Waals surface area contributed by atoms with Gasteiger partial charge in [-0.1, -0.05) is 39.8 Å². The van der Waals surface area contributed by atoms with Crippen LogP contribution >= 0.6 is 0 Å². The van der Waals surface area contributed by atoms with E-state index in [4.69, 9.17) is 0 Å². The van der Waals surface area contributed by atoms with Crippen LogP contribution in [0.1, 0.15) is 46.5 Å². The van der Waals surface area contributed by atoms with Gasteiger partial charge in [0.2, 0.25) is 11.8 Å². The van der Waals surface area contributed by atoms with Gasteiger partial charge in [0.15, 0.2) is 0 Å². The number of amides is 2. The van der Waals surface area contributed by atoms with Crippen molar-refractivity contribution in [1.29, 1.82) is 0 Å². The second-order valence-electron chi connectivity index (χ2n) is 4.24. The minimum Gasteiger partial charge on any atom is -1.00 e. The molecule has 6 heteroatoms. The molecule has 0 aromatic rings. The summed E-state index contributed by atoms with van der Waals surface area (Å²) in [6, 6.07) is 0. The molecule has 0 spiro atoms. The lowest BCUT2D eigenvalue weighted by Crippen LogP contribution is -3.00. The first-order chi connectivity index (χ1) is 8.99. The maximum Gasteiger partial charge on any atom is 0.246 e. The van der Waals surface area contributed by atoms with Crippen molar-refractivity contribution in [3.05, 3.63) is 24.8 Å². The van der Waals surface area contributed by atoms with Crippen molar-refractivity contribution in [1.82, 2.24) is 10.6 Å². The zero-order valence-corrected chi connectivity index (χ0v) is 14.8. The monoisotopic (exact) mass is 338 g/mol. The van der Waals surface area contributed by atoms with Crippen molar-refractivity contribution in [2.45, 2.75) is 46.5 Å². The molecule has 0 aromatic carbocycles. The van der Waals surface area contributed by atoms with Crippen LogP contribution in [0.2, 0.25) is 0 Å². The zero-order valence-electron chi connectivity index (χ0n) is 13.3. The molecule has 0 aliphatic carbocycles. The standard InChI is InChI=1S/C8H15NO.C7H13NO.2ClH/c1-4-5-6-9-8(10)7(2)3;1-3-5-6-8-7(9)4-2;;/h2,4-6H2,1,3H3,(H,9,10);4H,2-3,5-6H2,1H3,(H,8,9);2*1H/p-2. The average molecular weight is 339 g/mol. The Hall–Kier alpha value is -1.00. The van der Waals surface area contributed by atoms with Crippen LogP contribution < -0.4 is 35.4 Å². The molecule has 0 aromatic heterocycles. The average Bonchev–Trinajstić information content (AvgIpc) is 2.39. The summed E-state index contributed by atoms with van der Waals surface area (Å²) >= 11 is 0. The highest BCUT2D eigenvalue weighted by atomic mass is 35.5. The first-order valence-electron chi connectivity index (χ1n) is 6.83. The minimum atomic E-state index is -0.0801. The summed E-state index contributed by atoms with van der Waals surface area (Å²) in [5.74, 6) is -0.114. The van der Waals surface area contributed by atoms with Crippen LogP contribution in [-0.2, 0) is 9.59 Å². The summed E-state index contributed by atoms with van der Waals surface area (Å²) in [6.07, 6.45) is 5.59. The summed E-state index contributed by atoms with van der Waals surface area (Å²) in [5, 5.41) is 5.42. The number of hydrogen-bond acceptors (Lipinski definition) is 2. The molecular weight excluding hydrogens is 311 g/mol. The summed E-state index contributed by atoms with van der Waals surface area (Å²) in [5.41, 5.74) is 0.580. The van der Waals surface area contributed by atoms with E-state index in [0.717, 1.165) is 38.8 Å². The lowest BCUT2D eigenvalue weighted by atomic mass is 10.3. The Morgan fingerprint density at radius 1 is 1.00 bits per heavy atom. The number of nitrogens with one attached hydrogen (secondary N) is 2. The molecule has 0 rings (SSSR count). The van der Waals surface area contributed by atoms with Gasteiger partial charge in [0.25, 0.3) is 0 Å². The van der Waals surface area contributed by atoms with Gasteiger partial charge >= 0.3 is 0 Å².